The molecular formula is C48H51N5O7. The molecular weight excluding hydrogens is 759 g/mol. The molecule has 2 amide bonds. The second-order valence-corrected chi connectivity index (χ2v) is 17.3. The first-order valence-corrected chi connectivity index (χ1v) is 20.1. The number of carbonyl (C=O) groups excluding carboxylic acids is 2. The van der Waals surface area contributed by atoms with Gasteiger partial charge in [-0.15, -0.1) is 0 Å². The molecule has 4 aliphatic rings. The Hall–Kier alpha value is -6.56. The molecule has 0 fully saturated rings. The van der Waals surface area contributed by atoms with E-state index in [1.54, 1.807) is 55.4 Å². The number of hydrogen-bond acceptors (Lipinski definition) is 10. The SMILES string of the molecule is COc1ccc(C2=CN3C(=O)c4cc(OC)c(OCC(C)(C)CC(C)(C)COc5cc6c(cc5OC)C(=O)N5C=C(c7ccc(N)cc7)C[C@H]5C=N6)cc4N=C[C@@H]3C2)cc1. The number of nitrogens with zero attached hydrogens (tertiary/aromatic N) is 4. The number of rotatable bonds is 13. The summed E-state index contributed by atoms with van der Waals surface area (Å²) in [5, 5.41) is 0. The predicted octanol–water partition coefficient (Wildman–Crippen LogP) is 9.14. The Morgan fingerprint density at radius 1 is 0.617 bits per heavy atom. The van der Waals surface area contributed by atoms with Gasteiger partial charge in [-0.2, -0.15) is 0 Å². The lowest BCUT2D eigenvalue weighted by atomic mass is 9.76. The molecule has 12 nitrogen and oxygen atoms in total. The van der Waals surface area contributed by atoms with E-state index < -0.39 is 0 Å². The molecule has 310 valence electrons. The minimum absolute atomic E-state index is 0.144. The lowest BCUT2D eigenvalue weighted by Crippen LogP contribution is -2.33. The van der Waals surface area contributed by atoms with Gasteiger partial charge in [0.05, 0.1) is 69.1 Å². The van der Waals surface area contributed by atoms with Crippen LogP contribution in [0.5, 0.6) is 28.7 Å². The van der Waals surface area contributed by atoms with E-state index in [0.29, 0.717) is 77.2 Å². The van der Waals surface area contributed by atoms with Crippen LogP contribution in [0.1, 0.15) is 78.8 Å². The molecule has 2 N–H and O–H groups in total. The van der Waals surface area contributed by atoms with Gasteiger partial charge in [-0.25, -0.2) is 0 Å². The largest absolute Gasteiger partial charge is 0.497 e. The van der Waals surface area contributed by atoms with Crippen LogP contribution in [0.4, 0.5) is 17.1 Å². The summed E-state index contributed by atoms with van der Waals surface area (Å²) < 4.78 is 29.7. The van der Waals surface area contributed by atoms with Crippen molar-refractivity contribution >= 4 is 52.5 Å². The van der Waals surface area contributed by atoms with E-state index in [-0.39, 0.29) is 34.7 Å². The summed E-state index contributed by atoms with van der Waals surface area (Å²) in [6, 6.07) is 22.1. The van der Waals surface area contributed by atoms with Crippen molar-refractivity contribution in [1.29, 1.82) is 0 Å². The molecule has 4 aromatic rings. The highest BCUT2D eigenvalue weighted by atomic mass is 16.5. The van der Waals surface area contributed by atoms with Gasteiger partial charge in [0.25, 0.3) is 11.8 Å². The maximum atomic E-state index is 13.9. The molecule has 12 heteroatoms. The van der Waals surface area contributed by atoms with Crippen LogP contribution in [0.3, 0.4) is 0 Å². The van der Waals surface area contributed by atoms with E-state index in [0.717, 1.165) is 34.4 Å². The molecule has 0 saturated carbocycles. The Morgan fingerprint density at radius 3 is 1.47 bits per heavy atom. The maximum absolute atomic E-state index is 13.9. The van der Waals surface area contributed by atoms with Crippen LogP contribution in [0.15, 0.2) is 95.2 Å². The Kier molecular flexibility index (Phi) is 10.7. The molecule has 0 saturated heterocycles. The molecule has 4 aromatic carbocycles. The van der Waals surface area contributed by atoms with E-state index >= 15 is 0 Å². The fourth-order valence-electron chi connectivity index (χ4n) is 8.59. The summed E-state index contributed by atoms with van der Waals surface area (Å²) in [4.78, 5) is 40.8. The fraction of sp³-hybridized carbons (Fsp3) is 0.333. The molecule has 4 aliphatic heterocycles. The topological polar surface area (TPSA) is 138 Å². The summed E-state index contributed by atoms with van der Waals surface area (Å²) >= 11 is 0. The van der Waals surface area contributed by atoms with Gasteiger partial charge in [0.1, 0.15) is 5.75 Å². The van der Waals surface area contributed by atoms with Crippen molar-refractivity contribution in [2.75, 3.05) is 40.3 Å². The standard InChI is InChI=1S/C48H51N5O7/c1-47(2,27-59-43-20-39-37(18-41(43)57-6)45(54)52-24-31(16-34(52)22-50-39)29-8-12-33(49)13-9-29)26-48(3,4)28-60-44-21-40-38(19-42(44)58-7)46(55)53-25-32(17-35(53)23-51-40)30-10-14-36(56-5)15-11-30/h8-15,18-25,34-35H,16-17,26-28,49H2,1-7H3/t34-,35-/m0/s1. The van der Waals surface area contributed by atoms with Crippen molar-refractivity contribution in [3.63, 3.8) is 0 Å². The number of methoxy groups -OCH3 is 3. The summed E-state index contributed by atoms with van der Waals surface area (Å²) in [7, 11) is 4.78. The van der Waals surface area contributed by atoms with E-state index in [4.69, 9.17) is 39.4 Å². The molecule has 0 spiro atoms. The van der Waals surface area contributed by atoms with Crippen molar-refractivity contribution < 1.29 is 33.3 Å². The number of nitrogen functional groups attached to an aromatic ring is 1. The number of ether oxygens (including phenoxy) is 5. The Bertz CT molecular complexity index is 2450. The maximum Gasteiger partial charge on any atom is 0.260 e. The van der Waals surface area contributed by atoms with Gasteiger partial charge < -0.3 is 39.2 Å². The van der Waals surface area contributed by atoms with Gasteiger partial charge in [0.2, 0.25) is 0 Å². The first kappa shape index (κ1) is 40.2. The van der Waals surface area contributed by atoms with E-state index in [1.807, 2.05) is 73.4 Å². The van der Waals surface area contributed by atoms with Crippen molar-refractivity contribution in [3.8, 4) is 28.7 Å². The van der Waals surface area contributed by atoms with Gasteiger partial charge in [-0.3, -0.25) is 19.6 Å². The summed E-state index contributed by atoms with van der Waals surface area (Å²) in [6.07, 6.45) is 9.53. The summed E-state index contributed by atoms with van der Waals surface area (Å²) in [5.74, 6) is 2.44. The Balaban J connectivity index is 0.918. The van der Waals surface area contributed by atoms with Crippen molar-refractivity contribution in [2.24, 2.45) is 20.8 Å². The second kappa shape index (κ2) is 15.9. The highest BCUT2D eigenvalue weighted by Gasteiger charge is 2.36. The Labute approximate surface area is 350 Å². The van der Waals surface area contributed by atoms with Crippen molar-refractivity contribution in [1.82, 2.24) is 9.80 Å². The molecule has 60 heavy (non-hydrogen) atoms. The molecule has 0 radical (unpaired) electrons. The van der Waals surface area contributed by atoms with Crippen molar-refractivity contribution in [3.05, 3.63) is 107 Å². The molecule has 0 unspecified atom stereocenters. The summed E-state index contributed by atoms with van der Waals surface area (Å²) in [5.41, 5.74) is 12.1. The summed E-state index contributed by atoms with van der Waals surface area (Å²) in [6.45, 7) is 9.34. The number of anilines is 1. The predicted molar refractivity (Wildman–Crippen MR) is 234 cm³/mol. The normalized spacial score (nSPS) is 18.1. The van der Waals surface area contributed by atoms with Gasteiger partial charge >= 0.3 is 0 Å². The van der Waals surface area contributed by atoms with Crippen LogP contribution in [-0.4, -0.2) is 80.7 Å². The van der Waals surface area contributed by atoms with E-state index in [1.165, 1.54) is 0 Å². The molecule has 0 aromatic heterocycles. The third-order valence-corrected chi connectivity index (χ3v) is 11.4. The first-order valence-electron chi connectivity index (χ1n) is 20.1. The molecule has 2 atom stereocenters. The lowest BCUT2D eigenvalue weighted by Gasteiger charge is -2.35. The zero-order valence-corrected chi connectivity index (χ0v) is 35.2. The van der Waals surface area contributed by atoms with Crippen LogP contribution < -0.4 is 29.4 Å². The van der Waals surface area contributed by atoms with Gasteiger partial charge in [-0.05, 0) is 75.9 Å². The van der Waals surface area contributed by atoms with E-state index in [9.17, 15) is 9.59 Å². The average Bonchev–Trinajstić information content (AvgIpc) is 3.82. The second-order valence-electron chi connectivity index (χ2n) is 17.3. The minimum Gasteiger partial charge on any atom is -0.497 e. The third-order valence-electron chi connectivity index (χ3n) is 11.4. The quantitative estimate of drug-likeness (QED) is 0.132. The number of amides is 2. The highest BCUT2D eigenvalue weighted by molar-refractivity contribution is 6.06. The lowest BCUT2D eigenvalue weighted by molar-refractivity contribution is 0.0789. The zero-order chi connectivity index (χ0) is 42.3. The van der Waals surface area contributed by atoms with Crippen molar-refractivity contribution in [2.45, 2.75) is 59.0 Å². The van der Waals surface area contributed by atoms with E-state index in [2.05, 4.69) is 27.7 Å². The highest BCUT2D eigenvalue weighted by Crippen LogP contribution is 2.44. The number of carbonyl (C=O) groups is 2. The van der Waals surface area contributed by atoms with Gasteiger partial charge in [0, 0.05) is 55.5 Å². The van der Waals surface area contributed by atoms with Crippen LogP contribution >= 0.6 is 0 Å². The number of nitrogens with two attached hydrogens (primary N) is 1. The monoisotopic (exact) mass is 809 g/mol. The molecule has 8 rings (SSSR count). The zero-order valence-electron chi connectivity index (χ0n) is 35.2. The number of hydrogen-bond donors (Lipinski definition) is 1. The van der Waals surface area contributed by atoms with Gasteiger partial charge in [-0.1, -0.05) is 52.0 Å². The third kappa shape index (κ3) is 8.06. The number of benzene rings is 4. The number of aliphatic imine (C=N–C) groups is 2. The first-order chi connectivity index (χ1) is 28.7. The van der Waals surface area contributed by atoms with Crippen LogP contribution in [-0.2, 0) is 0 Å². The average molecular weight is 810 g/mol. The number of fused-ring (bicyclic) bond motifs is 4. The van der Waals surface area contributed by atoms with Crippen LogP contribution in [0, 0.1) is 10.8 Å². The molecule has 4 heterocycles. The fourth-order valence-corrected chi connectivity index (χ4v) is 8.59. The smallest absolute Gasteiger partial charge is 0.260 e. The van der Waals surface area contributed by atoms with Crippen LogP contribution in [0.2, 0.25) is 0 Å². The minimum atomic E-state index is -0.297. The van der Waals surface area contributed by atoms with Gasteiger partial charge in [0.15, 0.2) is 23.0 Å². The van der Waals surface area contributed by atoms with Crippen LogP contribution in [0.25, 0.3) is 11.1 Å². The molecule has 0 aliphatic carbocycles. The Morgan fingerprint density at radius 2 is 1.05 bits per heavy atom. The molecule has 0 bridgehead atoms.